The van der Waals surface area contributed by atoms with Crippen LogP contribution in [0.25, 0.3) is 0 Å². The molecule has 2 aliphatic heterocycles. The van der Waals surface area contributed by atoms with Gasteiger partial charge in [0.1, 0.15) is 0 Å². The number of nitrogens with one attached hydrogen (secondary N) is 1. The summed E-state index contributed by atoms with van der Waals surface area (Å²) in [5, 5.41) is 3.35. The maximum absolute atomic E-state index is 12.0. The third-order valence-electron chi connectivity index (χ3n) is 3.81. The standard InChI is InChI=1S/C15H21N3O2/c1-2-8-18-13-5-3-4-12(15(13)20-11-14(18)19)17-9-6-16-7-10-17/h3-5,16H,2,6-11H2,1H3. The topological polar surface area (TPSA) is 44.8 Å². The molecule has 108 valence electrons. The fourth-order valence-electron chi connectivity index (χ4n) is 2.84. The molecule has 20 heavy (non-hydrogen) atoms. The van der Waals surface area contributed by atoms with Gasteiger partial charge in [-0.2, -0.15) is 0 Å². The lowest BCUT2D eigenvalue weighted by atomic mass is 10.1. The molecule has 0 saturated carbocycles. The fraction of sp³-hybridized carbons (Fsp3) is 0.533. The summed E-state index contributed by atoms with van der Waals surface area (Å²) in [5.41, 5.74) is 2.02. The van der Waals surface area contributed by atoms with Crippen LogP contribution in [0, 0.1) is 0 Å². The molecule has 0 atom stereocenters. The number of carbonyl (C=O) groups is 1. The van der Waals surface area contributed by atoms with Crippen molar-refractivity contribution in [1.29, 1.82) is 0 Å². The summed E-state index contributed by atoms with van der Waals surface area (Å²) >= 11 is 0. The molecule has 0 radical (unpaired) electrons. The van der Waals surface area contributed by atoms with Gasteiger partial charge >= 0.3 is 0 Å². The molecule has 1 fully saturated rings. The molecule has 0 bridgehead atoms. The Balaban J connectivity index is 1.96. The van der Waals surface area contributed by atoms with Crippen molar-refractivity contribution in [3.05, 3.63) is 18.2 Å². The first-order chi connectivity index (χ1) is 9.81. The zero-order chi connectivity index (χ0) is 13.9. The zero-order valence-electron chi connectivity index (χ0n) is 11.9. The first-order valence-electron chi connectivity index (χ1n) is 7.33. The molecule has 0 unspecified atom stereocenters. The van der Waals surface area contributed by atoms with Gasteiger partial charge in [0.25, 0.3) is 5.91 Å². The largest absolute Gasteiger partial charge is 0.479 e. The number of hydrogen-bond acceptors (Lipinski definition) is 4. The number of fused-ring (bicyclic) bond motifs is 1. The van der Waals surface area contributed by atoms with E-state index >= 15 is 0 Å². The number of ether oxygens (including phenoxy) is 1. The second kappa shape index (κ2) is 5.71. The molecule has 0 spiro atoms. The van der Waals surface area contributed by atoms with Crippen LogP contribution in [0.5, 0.6) is 5.75 Å². The van der Waals surface area contributed by atoms with Crippen LogP contribution in [0.1, 0.15) is 13.3 Å². The lowest BCUT2D eigenvalue weighted by Gasteiger charge is -2.35. The van der Waals surface area contributed by atoms with Crippen LogP contribution in [0.3, 0.4) is 0 Å². The van der Waals surface area contributed by atoms with Crippen LogP contribution in [-0.4, -0.2) is 45.2 Å². The van der Waals surface area contributed by atoms with Crippen LogP contribution >= 0.6 is 0 Å². The second-order valence-electron chi connectivity index (χ2n) is 5.20. The van der Waals surface area contributed by atoms with E-state index < -0.39 is 0 Å². The van der Waals surface area contributed by atoms with Crippen molar-refractivity contribution in [2.24, 2.45) is 0 Å². The highest BCUT2D eigenvalue weighted by molar-refractivity contribution is 5.99. The number of anilines is 2. The number of nitrogens with zero attached hydrogens (tertiary/aromatic N) is 2. The normalized spacial score (nSPS) is 18.8. The fourth-order valence-corrected chi connectivity index (χ4v) is 2.84. The minimum absolute atomic E-state index is 0.0526. The van der Waals surface area contributed by atoms with Gasteiger partial charge in [-0.05, 0) is 18.6 Å². The number of para-hydroxylation sites is 1. The Kier molecular flexibility index (Phi) is 3.78. The molecule has 5 nitrogen and oxygen atoms in total. The van der Waals surface area contributed by atoms with Gasteiger partial charge < -0.3 is 19.9 Å². The second-order valence-corrected chi connectivity index (χ2v) is 5.20. The molecule has 0 aliphatic carbocycles. The van der Waals surface area contributed by atoms with Gasteiger partial charge in [-0.15, -0.1) is 0 Å². The van der Waals surface area contributed by atoms with E-state index in [2.05, 4.69) is 23.2 Å². The Bertz CT molecular complexity index is 498. The number of amides is 1. The highest BCUT2D eigenvalue weighted by Gasteiger charge is 2.28. The lowest BCUT2D eigenvalue weighted by molar-refractivity contribution is -0.121. The van der Waals surface area contributed by atoms with Crippen molar-refractivity contribution in [2.75, 3.05) is 49.1 Å². The van der Waals surface area contributed by atoms with Crippen LogP contribution in [0.2, 0.25) is 0 Å². The lowest BCUT2D eigenvalue weighted by Crippen LogP contribution is -2.44. The van der Waals surface area contributed by atoms with Crippen molar-refractivity contribution in [3.8, 4) is 5.75 Å². The quantitative estimate of drug-likeness (QED) is 0.901. The van der Waals surface area contributed by atoms with Gasteiger partial charge in [0.05, 0.1) is 11.4 Å². The molecule has 1 saturated heterocycles. The molecular weight excluding hydrogens is 254 g/mol. The number of rotatable bonds is 3. The van der Waals surface area contributed by atoms with E-state index in [-0.39, 0.29) is 12.5 Å². The van der Waals surface area contributed by atoms with Gasteiger partial charge in [-0.25, -0.2) is 0 Å². The minimum atomic E-state index is 0.0526. The molecule has 3 rings (SSSR count). The van der Waals surface area contributed by atoms with E-state index in [1.54, 1.807) is 0 Å². The smallest absolute Gasteiger partial charge is 0.265 e. The van der Waals surface area contributed by atoms with Crippen LogP contribution < -0.4 is 19.9 Å². The summed E-state index contributed by atoms with van der Waals surface area (Å²) in [4.78, 5) is 16.2. The van der Waals surface area contributed by atoms with E-state index in [4.69, 9.17) is 4.74 Å². The Morgan fingerprint density at radius 3 is 2.75 bits per heavy atom. The minimum Gasteiger partial charge on any atom is -0.479 e. The summed E-state index contributed by atoms with van der Waals surface area (Å²) in [6.07, 6.45) is 0.947. The Labute approximate surface area is 119 Å². The molecule has 0 aromatic heterocycles. The van der Waals surface area contributed by atoms with Gasteiger partial charge in [-0.1, -0.05) is 13.0 Å². The third kappa shape index (κ3) is 2.33. The van der Waals surface area contributed by atoms with E-state index in [9.17, 15) is 4.79 Å². The van der Waals surface area contributed by atoms with Crippen molar-refractivity contribution in [2.45, 2.75) is 13.3 Å². The summed E-state index contributed by atoms with van der Waals surface area (Å²) < 4.78 is 5.74. The average Bonchev–Trinajstić information content (AvgIpc) is 2.50. The summed E-state index contributed by atoms with van der Waals surface area (Å²) in [7, 11) is 0. The number of hydrogen-bond donors (Lipinski definition) is 1. The highest BCUT2D eigenvalue weighted by Crippen LogP contribution is 2.40. The molecule has 1 aromatic carbocycles. The van der Waals surface area contributed by atoms with Crippen LogP contribution in [0.4, 0.5) is 11.4 Å². The molecular formula is C15H21N3O2. The van der Waals surface area contributed by atoms with Crippen molar-refractivity contribution < 1.29 is 9.53 Å². The first-order valence-corrected chi connectivity index (χ1v) is 7.33. The average molecular weight is 275 g/mol. The first kappa shape index (κ1) is 13.2. The van der Waals surface area contributed by atoms with E-state index in [0.29, 0.717) is 0 Å². The maximum Gasteiger partial charge on any atom is 0.265 e. The highest BCUT2D eigenvalue weighted by atomic mass is 16.5. The molecule has 1 N–H and O–H groups in total. The summed E-state index contributed by atoms with van der Waals surface area (Å²) in [6.45, 7) is 6.91. The maximum atomic E-state index is 12.0. The predicted octanol–water partition coefficient (Wildman–Crippen LogP) is 1.23. The molecule has 2 heterocycles. The Hall–Kier alpha value is -1.75. The monoisotopic (exact) mass is 275 g/mol. The number of piperazine rings is 1. The van der Waals surface area contributed by atoms with Crippen LogP contribution in [-0.2, 0) is 4.79 Å². The van der Waals surface area contributed by atoms with Gasteiger partial charge in [0.15, 0.2) is 12.4 Å². The van der Waals surface area contributed by atoms with E-state index in [0.717, 1.165) is 56.3 Å². The van der Waals surface area contributed by atoms with Crippen LogP contribution in [0.15, 0.2) is 18.2 Å². The molecule has 1 aromatic rings. The predicted molar refractivity (Wildman–Crippen MR) is 79.7 cm³/mol. The van der Waals surface area contributed by atoms with Crippen molar-refractivity contribution in [1.82, 2.24) is 5.32 Å². The van der Waals surface area contributed by atoms with Gasteiger partial charge in [0, 0.05) is 32.7 Å². The van der Waals surface area contributed by atoms with Gasteiger partial charge in [0.2, 0.25) is 0 Å². The SMILES string of the molecule is CCCN1C(=O)COc2c(N3CCNCC3)cccc21. The van der Waals surface area contributed by atoms with Gasteiger partial charge in [-0.3, -0.25) is 4.79 Å². The molecule has 5 heteroatoms. The molecule has 2 aliphatic rings. The third-order valence-corrected chi connectivity index (χ3v) is 3.81. The number of benzene rings is 1. The summed E-state index contributed by atoms with van der Waals surface area (Å²) in [5.74, 6) is 0.916. The van der Waals surface area contributed by atoms with Crippen molar-refractivity contribution in [3.63, 3.8) is 0 Å². The van der Waals surface area contributed by atoms with Crippen molar-refractivity contribution >= 4 is 17.3 Å². The van der Waals surface area contributed by atoms with E-state index in [1.165, 1.54) is 0 Å². The zero-order valence-corrected chi connectivity index (χ0v) is 11.9. The molecule has 1 amide bonds. The number of carbonyl (C=O) groups excluding carboxylic acids is 1. The Morgan fingerprint density at radius 2 is 2.00 bits per heavy atom. The van der Waals surface area contributed by atoms with E-state index in [1.807, 2.05) is 17.0 Å². The Morgan fingerprint density at radius 1 is 1.25 bits per heavy atom. The summed E-state index contributed by atoms with van der Waals surface area (Å²) in [6, 6.07) is 6.08.